The lowest BCUT2D eigenvalue weighted by atomic mass is 10.1. The van der Waals surface area contributed by atoms with Gasteiger partial charge in [0.25, 0.3) is 5.91 Å². The van der Waals surface area contributed by atoms with Crippen LogP contribution in [-0.2, 0) is 6.54 Å². The lowest BCUT2D eigenvalue weighted by Crippen LogP contribution is -2.15. The monoisotopic (exact) mass is 262 g/mol. The molecule has 19 heavy (non-hydrogen) atoms. The Morgan fingerprint density at radius 1 is 1.05 bits per heavy atom. The molecule has 2 aromatic rings. The Morgan fingerprint density at radius 3 is 2.16 bits per heavy atom. The predicted octanol–water partition coefficient (Wildman–Crippen LogP) is 2.68. The summed E-state index contributed by atoms with van der Waals surface area (Å²) in [5.41, 5.74) is 6.20. The van der Waals surface area contributed by atoms with Gasteiger partial charge < -0.3 is 11.1 Å². The molecule has 0 aliphatic heterocycles. The van der Waals surface area contributed by atoms with E-state index in [0.717, 1.165) is 17.7 Å². The van der Waals surface area contributed by atoms with E-state index in [0.29, 0.717) is 12.2 Å². The van der Waals surface area contributed by atoms with E-state index in [1.54, 1.807) is 24.3 Å². The summed E-state index contributed by atoms with van der Waals surface area (Å²) in [5, 5.41) is 2.43. The van der Waals surface area contributed by atoms with Crippen LogP contribution in [0.3, 0.4) is 0 Å². The summed E-state index contributed by atoms with van der Waals surface area (Å²) in [5.74, 6) is -2.61. The molecule has 0 fully saturated rings. The van der Waals surface area contributed by atoms with Gasteiger partial charge in [-0.2, -0.15) is 0 Å². The smallest absolute Gasteiger partial charge is 0.261 e. The van der Waals surface area contributed by atoms with Gasteiger partial charge in [0.2, 0.25) is 0 Å². The first-order chi connectivity index (χ1) is 9.11. The molecule has 0 aliphatic carbocycles. The van der Waals surface area contributed by atoms with Crippen molar-refractivity contribution in [1.82, 2.24) is 0 Å². The van der Waals surface area contributed by atoms with E-state index < -0.39 is 23.1 Å². The van der Waals surface area contributed by atoms with E-state index in [4.69, 9.17) is 5.73 Å². The van der Waals surface area contributed by atoms with Crippen molar-refractivity contribution in [2.45, 2.75) is 6.54 Å². The molecule has 0 atom stereocenters. The number of halogens is 2. The van der Waals surface area contributed by atoms with Gasteiger partial charge in [0, 0.05) is 12.2 Å². The SMILES string of the molecule is NCc1ccc(NC(=O)c2c(F)cccc2F)cc1. The molecular weight excluding hydrogens is 250 g/mol. The lowest BCUT2D eigenvalue weighted by molar-refractivity contribution is 0.101. The Bertz CT molecular complexity index is 577. The molecule has 5 heteroatoms. The highest BCUT2D eigenvalue weighted by atomic mass is 19.1. The highest BCUT2D eigenvalue weighted by Gasteiger charge is 2.16. The van der Waals surface area contributed by atoms with E-state index in [1.165, 1.54) is 6.07 Å². The van der Waals surface area contributed by atoms with Crippen LogP contribution in [0.25, 0.3) is 0 Å². The van der Waals surface area contributed by atoms with Crippen molar-refractivity contribution in [3.8, 4) is 0 Å². The summed E-state index contributed by atoms with van der Waals surface area (Å²) in [7, 11) is 0. The van der Waals surface area contributed by atoms with Crippen molar-refractivity contribution in [2.24, 2.45) is 5.73 Å². The van der Waals surface area contributed by atoms with Crippen LogP contribution in [0, 0.1) is 11.6 Å². The third-order valence-corrected chi connectivity index (χ3v) is 2.64. The summed E-state index contributed by atoms with van der Waals surface area (Å²) in [6.45, 7) is 0.385. The van der Waals surface area contributed by atoms with Crippen LogP contribution in [0.2, 0.25) is 0 Å². The molecule has 0 saturated carbocycles. The zero-order chi connectivity index (χ0) is 13.8. The first-order valence-electron chi connectivity index (χ1n) is 5.66. The third kappa shape index (κ3) is 2.95. The lowest BCUT2D eigenvalue weighted by Gasteiger charge is -2.07. The maximum Gasteiger partial charge on any atom is 0.261 e. The zero-order valence-corrected chi connectivity index (χ0v) is 9.99. The van der Waals surface area contributed by atoms with E-state index >= 15 is 0 Å². The van der Waals surface area contributed by atoms with Crippen molar-refractivity contribution < 1.29 is 13.6 Å². The largest absolute Gasteiger partial charge is 0.326 e. The summed E-state index contributed by atoms with van der Waals surface area (Å²) >= 11 is 0. The minimum atomic E-state index is -0.893. The first kappa shape index (κ1) is 13.2. The highest BCUT2D eigenvalue weighted by molar-refractivity contribution is 6.04. The number of anilines is 1. The fourth-order valence-corrected chi connectivity index (χ4v) is 1.63. The molecule has 0 bridgehead atoms. The number of carbonyl (C=O) groups excluding carboxylic acids is 1. The van der Waals surface area contributed by atoms with Gasteiger partial charge in [0.05, 0.1) is 0 Å². The Labute approximate surface area is 109 Å². The Balaban J connectivity index is 2.21. The Kier molecular flexibility index (Phi) is 3.87. The molecule has 0 saturated heterocycles. The fraction of sp³-hybridized carbons (Fsp3) is 0.0714. The minimum absolute atomic E-state index is 0.385. The predicted molar refractivity (Wildman–Crippen MR) is 68.6 cm³/mol. The average molecular weight is 262 g/mol. The molecule has 1 amide bonds. The molecule has 0 heterocycles. The van der Waals surface area contributed by atoms with E-state index in [9.17, 15) is 13.6 Å². The van der Waals surface area contributed by atoms with Gasteiger partial charge in [-0.3, -0.25) is 4.79 Å². The highest BCUT2D eigenvalue weighted by Crippen LogP contribution is 2.15. The number of rotatable bonds is 3. The molecule has 2 aromatic carbocycles. The van der Waals surface area contributed by atoms with E-state index in [-0.39, 0.29) is 0 Å². The van der Waals surface area contributed by atoms with Gasteiger partial charge in [0.1, 0.15) is 17.2 Å². The number of carbonyl (C=O) groups is 1. The Hall–Kier alpha value is -2.27. The van der Waals surface area contributed by atoms with E-state index in [1.807, 2.05) is 0 Å². The summed E-state index contributed by atoms with van der Waals surface area (Å²) < 4.78 is 26.8. The van der Waals surface area contributed by atoms with Gasteiger partial charge in [0.15, 0.2) is 0 Å². The van der Waals surface area contributed by atoms with Crippen LogP contribution >= 0.6 is 0 Å². The zero-order valence-electron chi connectivity index (χ0n) is 9.99. The number of benzene rings is 2. The van der Waals surface area contributed by atoms with Crippen molar-refractivity contribution in [3.05, 3.63) is 65.2 Å². The molecule has 0 unspecified atom stereocenters. The molecule has 0 aliphatic rings. The maximum atomic E-state index is 13.4. The molecular formula is C14H12F2N2O. The van der Waals surface area contributed by atoms with Crippen molar-refractivity contribution in [1.29, 1.82) is 0 Å². The van der Waals surface area contributed by atoms with Gasteiger partial charge >= 0.3 is 0 Å². The number of hydrogen-bond donors (Lipinski definition) is 2. The normalized spacial score (nSPS) is 10.3. The van der Waals surface area contributed by atoms with Crippen LogP contribution in [0.4, 0.5) is 14.5 Å². The first-order valence-corrected chi connectivity index (χ1v) is 5.66. The fourth-order valence-electron chi connectivity index (χ4n) is 1.63. The molecule has 0 aromatic heterocycles. The molecule has 3 N–H and O–H groups in total. The third-order valence-electron chi connectivity index (χ3n) is 2.64. The second-order valence-corrected chi connectivity index (χ2v) is 3.95. The molecule has 2 rings (SSSR count). The van der Waals surface area contributed by atoms with Crippen LogP contribution in [-0.4, -0.2) is 5.91 Å². The molecule has 98 valence electrons. The summed E-state index contributed by atoms with van der Waals surface area (Å²) in [4.78, 5) is 11.8. The maximum absolute atomic E-state index is 13.4. The van der Waals surface area contributed by atoms with Gasteiger partial charge in [-0.25, -0.2) is 8.78 Å². The second-order valence-electron chi connectivity index (χ2n) is 3.95. The van der Waals surface area contributed by atoms with E-state index in [2.05, 4.69) is 5.32 Å². The number of hydrogen-bond acceptors (Lipinski definition) is 2. The van der Waals surface area contributed by atoms with Crippen LogP contribution < -0.4 is 11.1 Å². The van der Waals surface area contributed by atoms with Crippen molar-refractivity contribution >= 4 is 11.6 Å². The Morgan fingerprint density at radius 2 is 1.63 bits per heavy atom. The number of nitrogens with two attached hydrogens (primary N) is 1. The standard InChI is InChI=1S/C14H12F2N2O/c15-11-2-1-3-12(16)13(11)14(19)18-10-6-4-9(8-17)5-7-10/h1-7H,8,17H2,(H,18,19). The van der Waals surface area contributed by atoms with Crippen LogP contribution in [0.1, 0.15) is 15.9 Å². The quantitative estimate of drug-likeness (QED) is 0.893. The number of nitrogens with one attached hydrogen (secondary N) is 1. The topological polar surface area (TPSA) is 55.1 Å². The summed E-state index contributed by atoms with van der Waals surface area (Å²) in [6.07, 6.45) is 0. The summed E-state index contributed by atoms with van der Waals surface area (Å²) in [6, 6.07) is 9.99. The molecule has 0 radical (unpaired) electrons. The van der Waals surface area contributed by atoms with Crippen LogP contribution in [0.5, 0.6) is 0 Å². The molecule has 0 spiro atoms. The minimum Gasteiger partial charge on any atom is -0.326 e. The second kappa shape index (κ2) is 5.58. The van der Waals surface area contributed by atoms with Crippen LogP contribution in [0.15, 0.2) is 42.5 Å². The number of amides is 1. The van der Waals surface area contributed by atoms with Gasteiger partial charge in [-0.05, 0) is 29.8 Å². The van der Waals surface area contributed by atoms with Gasteiger partial charge in [-0.15, -0.1) is 0 Å². The van der Waals surface area contributed by atoms with Crippen molar-refractivity contribution in [2.75, 3.05) is 5.32 Å². The van der Waals surface area contributed by atoms with Gasteiger partial charge in [-0.1, -0.05) is 18.2 Å². The van der Waals surface area contributed by atoms with Crippen molar-refractivity contribution in [3.63, 3.8) is 0 Å². The average Bonchev–Trinajstić information content (AvgIpc) is 2.39. The molecule has 3 nitrogen and oxygen atoms in total.